The van der Waals surface area contributed by atoms with Gasteiger partial charge < -0.3 is 19.9 Å². The number of thioether (sulfide) groups is 1. The number of ketones is 1. The minimum absolute atomic E-state index is 0.0656. The number of nitrogens with zero attached hydrogens (tertiary/aromatic N) is 4. The molecule has 2 aromatic rings. The first-order chi connectivity index (χ1) is 17.6. The van der Waals surface area contributed by atoms with E-state index in [0.717, 1.165) is 0 Å². The van der Waals surface area contributed by atoms with Gasteiger partial charge in [0.05, 0.1) is 44.6 Å². The Balaban J connectivity index is 1.89. The van der Waals surface area contributed by atoms with E-state index in [1.54, 1.807) is 30.2 Å². The predicted molar refractivity (Wildman–Crippen MR) is 139 cm³/mol. The first-order valence-electron chi connectivity index (χ1n) is 11.3. The molecule has 0 saturated carbocycles. The van der Waals surface area contributed by atoms with Crippen molar-refractivity contribution < 1.29 is 23.8 Å². The highest BCUT2D eigenvalue weighted by atomic mass is 32.2. The number of ether oxygens (including phenoxy) is 3. The maximum Gasteiger partial charge on any atom is 0.316 e. The van der Waals surface area contributed by atoms with Gasteiger partial charge >= 0.3 is 5.97 Å². The molecule has 1 unspecified atom stereocenters. The molecule has 1 aromatic carbocycles. The Bertz CT molecular complexity index is 1360. The Kier molecular flexibility index (Phi) is 7.47. The Morgan fingerprint density at radius 1 is 1.27 bits per heavy atom. The van der Waals surface area contributed by atoms with Crippen molar-refractivity contribution in [3.05, 3.63) is 46.4 Å². The molecule has 0 radical (unpaired) electrons. The number of aromatic nitrogens is 2. The van der Waals surface area contributed by atoms with Crippen LogP contribution in [0.5, 0.6) is 11.5 Å². The van der Waals surface area contributed by atoms with Crippen molar-refractivity contribution in [3.63, 3.8) is 0 Å². The van der Waals surface area contributed by atoms with Crippen LogP contribution in [0.4, 0.5) is 5.13 Å². The van der Waals surface area contributed by atoms with Gasteiger partial charge in [-0.05, 0) is 17.9 Å². The minimum Gasteiger partial charge on any atom is -0.497 e. The van der Waals surface area contributed by atoms with E-state index in [1.807, 2.05) is 13.8 Å². The standard InChI is InChI=1S/C25H27N5O5S2/c1-25(2)9-16-21(17(31)10-25)20(14-7-6-13(33-3)8-18(14)34-4)15(11-26)22(27)30(16)23-28-29-24(37-23)36-12-19(32)35-5/h6-8,20H,9-10,12,27H2,1-5H3. The number of carbonyl (C=O) groups is 2. The van der Waals surface area contributed by atoms with Gasteiger partial charge in [-0.3, -0.25) is 14.5 Å². The van der Waals surface area contributed by atoms with Crippen LogP contribution < -0.4 is 20.1 Å². The molecule has 0 spiro atoms. The third kappa shape index (κ3) is 5.01. The summed E-state index contributed by atoms with van der Waals surface area (Å²) in [6.07, 6.45) is 0.857. The fourth-order valence-electron chi connectivity index (χ4n) is 4.63. The van der Waals surface area contributed by atoms with Crippen molar-refractivity contribution in [3.8, 4) is 17.6 Å². The lowest BCUT2D eigenvalue weighted by atomic mass is 9.68. The molecule has 1 aliphatic heterocycles. The number of allylic oxidation sites excluding steroid dienone is 3. The highest BCUT2D eigenvalue weighted by molar-refractivity contribution is 8.01. The van der Waals surface area contributed by atoms with E-state index in [-0.39, 0.29) is 34.3 Å². The van der Waals surface area contributed by atoms with Crippen molar-refractivity contribution in [1.82, 2.24) is 10.2 Å². The number of Topliss-reactive ketones (excluding diaryl/α,β-unsaturated/α-hetero) is 1. The van der Waals surface area contributed by atoms with Crippen LogP contribution in [0.3, 0.4) is 0 Å². The molecular formula is C25H27N5O5S2. The molecule has 12 heteroatoms. The number of carbonyl (C=O) groups excluding carboxylic acids is 2. The third-order valence-electron chi connectivity index (χ3n) is 6.26. The summed E-state index contributed by atoms with van der Waals surface area (Å²) >= 11 is 2.42. The summed E-state index contributed by atoms with van der Waals surface area (Å²) in [5, 5.41) is 19.2. The van der Waals surface area contributed by atoms with Gasteiger partial charge in [-0.25, -0.2) is 0 Å². The SMILES string of the molecule is COC(=O)CSc1nnc(N2C(N)=C(C#N)C(c3ccc(OC)cc3OC)C3=C2CC(C)(C)CC3=O)s1. The smallest absolute Gasteiger partial charge is 0.316 e. The van der Waals surface area contributed by atoms with E-state index in [2.05, 4.69) is 16.3 Å². The molecule has 1 aromatic heterocycles. The van der Waals surface area contributed by atoms with Crippen LogP contribution in [-0.2, 0) is 14.3 Å². The largest absolute Gasteiger partial charge is 0.497 e. The first kappa shape index (κ1) is 26.5. The van der Waals surface area contributed by atoms with Gasteiger partial charge in [-0.1, -0.05) is 43.0 Å². The van der Waals surface area contributed by atoms with Crippen molar-refractivity contribution in [2.24, 2.45) is 11.1 Å². The Labute approximate surface area is 223 Å². The molecular weight excluding hydrogens is 514 g/mol. The van der Waals surface area contributed by atoms with Gasteiger partial charge in [0.25, 0.3) is 0 Å². The Hall–Kier alpha value is -3.56. The number of anilines is 1. The summed E-state index contributed by atoms with van der Waals surface area (Å²) in [5.41, 5.74) is 8.37. The van der Waals surface area contributed by atoms with Crippen LogP contribution in [0.1, 0.15) is 38.2 Å². The molecule has 2 heterocycles. The van der Waals surface area contributed by atoms with Crippen LogP contribution in [0.25, 0.3) is 0 Å². The van der Waals surface area contributed by atoms with E-state index in [4.69, 9.17) is 19.9 Å². The highest BCUT2D eigenvalue weighted by Gasteiger charge is 2.46. The molecule has 194 valence electrons. The molecule has 10 nitrogen and oxygen atoms in total. The van der Waals surface area contributed by atoms with E-state index >= 15 is 0 Å². The number of methoxy groups -OCH3 is 3. The van der Waals surface area contributed by atoms with Crippen molar-refractivity contribution in [2.75, 3.05) is 32.0 Å². The molecule has 1 aliphatic carbocycles. The lowest BCUT2D eigenvalue weighted by Crippen LogP contribution is -2.42. The molecule has 0 saturated heterocycles. The van der Waals surface area contributed by atoms with E-state index in [1.165, 1.54) is 37.3 Å². The normalized spacial score (nSPS) is 18.9. The second-order valence-corrected chi connectivity index (χ2v) is 11.5. The van der Waals surface area contributed by atoms with Crippen molar-refractivity contribution in [2.45, 2.75) is 36.9 Å². The fraction of sp³-hybridized carbons (Fsp3) is 0.400. The number of nitrogens with two attached hydrogens (primary N) is 1. The molecule has 37 heavy (non-hydrogen) atoms. The maximum absolute atomic E-state index is 13.7. The van der Waals surface area contributed by atoms with Gasteiger partial charge in [-0.2, -0.15) is 5.26 Å². The third-order valence-corrected chi connectivity index (χ3v) is 8.28. The summed E-state index contributed by atoms with van der Waals surface area (Å²) in [4.78, 5) is 26.9. The van der Waals surface area contributed by atoms with Crippen molar-refractivity contribution >= 4 is 40.0 Å². The Morgan fingerprint density at radius 3 is 2.68 bits per heavy atom. The number of hydrogen-bond acceptors (Lipinski definition) is 12. The molecule has 2 N–H and O–H groups in total. The summed E-state index contributed by atoms with van der Waals surface area (Å²) in [6, 6.07) is 7.53. The lowest BCUT2D eigenvalue weighted by Gasteiger charge is -2.42. The summed E-state index contributed by atoms with van der Waals surface area (Å²) in [7, 11) is 4.40. The topological polar surface area (TPSA) is 141 Å². The predicted octanol–water partition coefficient (Wildman–Crippen LogP) is 3.76. The summed E-state index contributed by atoms with van der Waals surface area (Å²) < 4.78 is 16.2. The van der Waals surface area contributed by atoms with Crippen LogP contribution in [-0.4, -0.2) is 49.0 Å². The molecule has 4 rings (SSSR count). The van der Waals surface area contributed by atoms with Crippen LogP contribution in [0.2, 0.25) is 0 Å². The van der Waals surface area contributed by atoms with Crippen molar-refractivity contribution in [1.29, 1.82) is 5.26 Å². The second-order valence-electron chi connectivity index (χ2n) is 9.30. The molecule has 1 atom stereocenters. The molecule has 2 aliphatic rings. The van der Waals surface area contributed by atoms with Gasteiger partial charge in [-0.15, -0.1) is 10.2 Å². The highest BCUT2D eigenvalue weighted by Crippen LogP contribution is 2.52. The van der Waals surface area contributed by atoms with Crippen LogP contribution in [0.15, 0.2) is 45.2 Å². The summed E-state index contributed by atoms with van der Waals surface area (Å²) in [5.74, 6) is 0.177. The van der Waals surface area contributed by atoms with E-state index < -0.39 is 5.92 Å². The zero-order chi connectivity index (χ0) is 26.9. The van der Waals surface area contributed by atoms with Gasteiger partial charge in [0.15, 0.2) is 10.1 Å². The minimum atomic E-state index is -0.707. The zero-order valence-electron chi connectivity index (χ0n) is 21.2. The second kappa shape index (κ2) is 10.4. The zero-order valence-corrected chi connectivity index (χ0v) is 22.8. The lowest BCUT2D eigenvalue weighted by molar-refractivity contribution is -0.137. The quantitative estimate of drug-likeness (QED) is 0.404. The summed E-state index contributed by atoms with van der Waals surface area (Å²) in [6.45, 7) is 4.04. The monoisotopic (exact) mass is 541 g/mol. The number of benzene rings is 1. The number of rotatable bonds is 7. The number of esters is 1. The molecule has 0 amide bonds. The average molecular weight is 542 g/mol. The van der Waals surface area contributed by atoms with E-state index in [0.29, 0.717) is 50.6 Å². The van der Waals surface area contributed by atoms with Gasteiger partial charge in [0.2, 0.25) is 5.13 Å². The Morgan fingerprint density at radius 2 is 2.03 bits per heavy atom. The van der Waals surface area contributed by atoms with Crippen LogP contribution >= 0.6 is 23.1 Å². The molecule has 0 fully saturated rings. The first-order valence-corrected chi connectivity index (χ1v) is 13.2. The van der Waals surface area contributed by atoms with Gasteiger partial charge in [0.1, 0.15) is 17.3 Å². The average Bonchev–Trinajstić information content (AvgIpc) is 3.33. The fourth-order valence-corrected chi connectivity index (χ4v) is 6.34. The molecule has 0 bridgehead atoms. The maximum atomic E-state index is 13.7. The van der Waals surface area contributed by atoms with Crippen LogP contribution in [0, 0.1) is 16.7 Å². The number of hydrogen-bond donors (Lipinski definition) is 1. The number of nitriles is 1. The van der Waals surface area contributed by atoms with E-state index in [9.17, 15) is 14.9 Å². The van der Waals surface area contributed by atoms with Gasteiger partial charge in [0, 0.05) is 29.3 Å².